The van der Waals surface area contributed by atoms with Crippen molar-refractivity contribution in [3.8, 4) is 6.07 Å². The van der Waals surface area contributed by atoms with Gasteiger partial charge in [0.15, 0.2) is 0 Å². The summed E-state index contributed by atoms with van der Waals surface area (Å²) >= 11 is 0. The summed E-state index contributed by atoms with van der Waals surface area (Å²) in [6.45, 7) is 3.12. The van der Waals surface area contributed by atoms with Gasteiger partial charge < -0.3 is 9.80 Å². The number of anilines is 1. The number of halogens is 1. The fourth-order valence-corrected chi connectivity index (χ4v) is 2.53. The van der Waals surface area contributed by atoms with E-state index in [1.165, 1.54) is 18.6 Å². The maximum Gasteiger partial charge on any atom is 0.126 e. The molecule has 0 N–H and O–H groups in total. The molecule has 0 radical (unpaired) electrons. The highest BCUT2D eigenvalue weighted by atomic mass is 19.1. The molecule has 2 rings (SSSR count). The summed E-state index contributed by atoms with van der Waals surface area (Å²) in [6, 6.07) is 6.48. The van der Waals surface area contributed by atoms with Crippen LogP contribution in [-0.2, 0) is 0 Å². The minimum atomic E-state index is -0.348. The normalized spacial score (nSPS) is 19.8. The van der Waals surface area contributed by atoms with E-state index in [1.54, 1.807) is 6.07 Å². The zero-order chi connectivity index (χ0) is 13.1. The van der Waals surface area contributed by atoms with Crippen LogP contribution in [0.5, 0.6) is 0 Å². The van der Waals surface area contributed by atoms with Crippen LogP contribution in [0.2, 0.25) is 0 Å². The summed E-state index contributed by atoms with van der Waals surface area (Å²) in [5, 5.41) is 8.85. The van der Waals surface area contributed by atoms with Crippen LogP contribution in [0.4, 0.5) is 10.1 Å². The molecule has 1 aromatic rings. The molecule has 1 aliphatic heterocycles. The van der Waals surface area contributed by atoms with Crippen molar-refractivity contribution in [3.63, 3.8) is 0 Å². The molecule has 0 aromatic heterocycles. The van der Waals surface area contributed by atoms with Crippen molar-refractivity contribution in [1.82, 2.24) is 4.90 Å². The lowest BCUT2D eigenvalue weighted by Gasteiger charge is -2.23. The number of likely N-dealkylation sites (tertiary alicyclic amines) is 1. The molecule has 0 spiro atoms. The van der Waals surface area contributed by atoms with Crippen LogP contribution in [0.25, 0.3) is 0 Å². The Hall–Kier alpha value is -1.60. The van der Waals surface area contributed by atoms with E-state index < -0.39 is 0 Å². The molecule has 18 heavy (non-hydrogen) atoms. The van der Waals surface area contributed by atoms with Crippen LogP contribution in [0, 0.1) is 23.1 Å². The second kappa shape index (κ2) is 5.36. The number of hydrogen-bond acceptors (Lipinski definition) is 3. The molecule has 0 aliphatic carbocycles. The minimum absolute atomic E-state index is 0.348. The molecule has 1 atom stereocenters. The van der Waals surface area contributed by atoms with E-state index in [0.717, 1.165) is 25.3 Å². The zero-order valence-corrected chi connectivity index (χ0v) is 10.9. The second-order valence-electron chi connectivity index (χ2n) is 5.11. The van der Waals surface area contributed by atoms with Crippen molar-refractivity contribution in [2.24, 2.45) is 5.92 Å². The van der Waals surface area contributed by atoms with E-state index in [4.69, 9.17) is 5.26 Å². The molecule has 0 amide bonds. The number of rotatable bonds is 3. The first kappa shape index (κ1) is 12.8. The molecular weight excluding hydrogens is 229 g/mol. The second-order valence-corrected chi connectivity index (χ2v) is 5.11. The Labute approximate surface area is 107 Å². The van der Waals surface area contributed by atoms with Crippen LogP contribution < -0.4 is 4.90 Å². The summed E-state index contributed by atoms with van der Waals surface area (Å²) in [4.78, 5) is 4.35. The van der Waals surface area contributed by atoms with E-state index in [0.29, 0.717) is 11.5 Å². The van der Waals surface area contributed by atoms with Crippen LogP contribution in [0.1, 0.15) is 12.0 Å². The molecule has 96 valence electrons. The lowest BCUT2D eigenvalue weighted by molar-refractivity contribution is 0.396. The van der Waals surface area contributed by atoms with Crippen molar-refractivity contribution >= 4 is 5.69 Å². The van der Waals surface area contributed by atoms with Crippen LogP contribution in [0.15, 0.2) is 18.2 Å². The quantitative estimate of drug-likeness (QED) is 0.819. The van der Waals surface area contributed by atoms with Gasteiger partial charge in [0.2, 0.25) is 0 Å². The smallest absolute Gasteiger partial charge is 0.126 e. The Morgan fingerprint density at radius 1 is 1.50 bits per heavy atom. The van der Waals surface area contributed by atoms with Crippen molar-refractivity contribution in [1.29, 1.82) is 5.26 Å². The summed E-state index contributed by atoms with van der Waals surface area (Å²) < 4.78 is 13.4. The molecule has 3 nitrogen and oxygen atoms in total. The lowest BCUT2D eigenvalue weighted by atomic mass is 10.1. The van der Waals surface area contributed by atoms with Crippen molar-refractivity contribution < 1.29 is 4.39 Å². The van der Waals surface area contributed by atoms with Gasteiger partial charge in [-0.25, -0.2) is 4.39 Å². The van der Waals surface area contributed by atoms with Gasteiger partial charge in [-0.2, -0.15) is 5.26 Å². The fraction of sp³-hybridized carbons (Fsp3) is 0.500. The summed E-state index contributed by atoms with van der Waals surface area (Å²) in [5.41, 5.74) is 1.15. The van der Waals surface area contributed by atoms with Crippen molar-refractivity contribution in [2.75, 3.05) is 38.6 Å². The number of nitrogens with zero attached hydrogens (tertiary/aromatic N) is 3. The lowest BCUT2D eigenvalue weighted by Crippen LogP contribution is -2.27. The Morgan fingerprint density at radius 2 is 2.28 bits per heavy atom. The SMILES string of the molecule is CN1CCC(CN(C)c2cc(F)cc(C#N)c2)C1. The average molecular weight is 247 g/mol. The van der Waals surface area contributed by atoms with E-state index in [9.17, 15) is 4.39 Å². The van der Waals surface area contributed by atoms with Gasteiger partial charge in [-0.3, -0.25) is 0 Å². The summed E-state index contributed by atoms with van der Waals surface area (Å²) in [6.07, 6.45) is 1.18. The third-order valence-corrected chi connectivity index (χ3v) is 3.47. The van der Waals surface area contributed by atoms with Gasteiger partial charge in [0.25, 0.3) is 0 Å². The highest BCUT2D eigenvalue weighted by Crippen LogP contribution is 2.21. The maximum atomic E-state index is 13.4. The third-order valence-electron chi connectivity index (χ3n) is 3.47. The Balaban J connectivity index is 2.06. The standard InChI is InChI=1S/C14H18FN3/c1-17-4-3-11(9-17)10-18(2)14-6-12(8-16)5-13(15)7-14/h5-7,11H,3-4,9-10H2,1-2H3. The first-order chi connectivity index (χ1) is 8.58. The average Bonchev–Trinajstić information content (AvgIpc) is 2.73. The molecule has 4 heteroatoms. The number of benzene rings is 1. The number of nitriles is 1. The molecule has 0 saturated carbocycles. The van der Waals surface area contributed by atoms with E-state index in [-0.39, 0.29) is 5.82 Å². The van der Waals surface area contributed by atoms with E-state index >= 15 is 0 Å². The Bertz CT molecular complexity index is 467. The van der Waals surface area contributed by atoms with Crippen LogP contribution in [-0.4, -0.2) is 38.6 Å². The fourth-order valence-electron chi connectivity index (χ4n) is 2.53. The first-order valence-electron chi connectivity index (χ1n) is 6.19. The molecular formula is C14H18FN3. The highest BCUT2D eigenvalue weighted by Gasteiger charge is 2.21. The molecule has 0 bridgehead atoms. The molecule has 1 fully saturated rings. The largest absolute Gasteiger partial charge is 0.374 e. The first-order valence-corrected chi connectivity index (χ1v) is 6.19. The summed E-state index contributed by atoms with van der Waals surface area (Å²) in [7, 11) is 4.07. The zero-order valence-electron chi connectivity index (χ0n) is 10.9. The van der Waals surface area contributed by atoms with Gasteiger partial charge in [-0.1, -0.05) is 0 Å². The van der Waals surface area contributed by atoms with Gasteiger partial charge in [0.05, 0.1) is 11.6 Å². The van der Waals surface area contributed by atoms with Crippen LogP contribution >= 0.6 is 0 Å². The molecule has 1 saturated heterocycles. The molecule has 1 heterocycles. The topological polar surface area (TPSA) is 30.3 Å². The highest BCUT2D eigenvalue weighted by molar-refractivity contribution is 5.51. The van der Waals surface area contributed by atoms with Crippen LogP contribution in [0.3, 0.4) is 0 Å². The molecule has 1 aromatic carbocycles. The minimum Gasteiger partial charge on any atom is -0.374 e. The molecule has 1 unspecified atom stereocenters. The van der Waals surface area contributed by atoms with Gasteiger partial charge in [0, 0.05) is 25.8 Å². The van der Waals surface area contributed by atoms with Gasteiger partial charge in [0.1, 0.15) is 5.82 Å². The number of hydrogen-bond donors (Lipinski definition) is 0. The van der Waals surface area contributed by atoms with Gasteiger partial charge in [-0.05, 0) is 44.1 Å². The van der Waals surface area contributed by atoms with E-state index in [2.05, 4.69) is 11.9 Å². The van der Waals surface area contributed by atoms with Crippen molar-refractivity contribution in [3.05, 3.63) is 29.6 Å². The van der Waals surface area contributed by atoms with Gasteiger partial charge >= 0.3 is 0 Å². The Kier molecular flexibility index (Phi) is 3.83. The third kappa shape index (κ3) is 2.99. The Morgan fingerprint density at radius 3 is 2.89 bits per heavy atom. The van der Waals surface area contributed by atoms with Gasteiger partial charge in [-0.15, -0.1) is 0 Å². The maximum absolute atomic E-state index is 13.4. The predicted molar refractivity (Wildman–Crippen MR) is 70.0 cm³/mol. The monoisotopic (exact) mass is 247 g/mol. The van der Waals surface area contributed by atoms with E-state index in [1.807, 2.05) is 18.0 Å². The van der Waals surface area contributed by atoms with Crippen molar-refractivity contribution in [2.45, 2.75) is 6.42 Å². The molecule has 1 aliphatic rings. The summed E-state index contributed by atoms with van der Waals surface area (Å²) in [5.74, 6) is 0.272. The predicted octanol–water partition coefficient (Wildman–Crippen LogP) is 2.09.